The predicted octanol–water partition coefficient (Wildman–Crippen LogP) is 6.61. The van der Waals surface area contributed by atoms with Crippen molar-refractivity contribution in [3.63, 3.8) is 0 Å². The fraction of sp³-hybridized carbons (Fsp3) is 0.500. The molecule has 0 N–H and O–H groups in total. The molecule has 0 spiro atoms. The summed E-state index contributed by atoms with van der Waals surface area (Å²) in [7, 11) is -1.94. The quantitative estimate of drug-likeness (QED) is 0.302. The molecule has 0 aromatic carbocycles. The molecule has 0 aliphatic rings. The zero-order valence-corrected chi connectivity index (χ0v) is 21.1. The molecule has 3 aromatic heterocycles. The van der Waals surface area contributed by atoms with Gasteiger partial charge in [-0.25, -0.2) is 0 Å². The summed E-state index contributed by atoms with van der Waals surface area (Å²) in [5.41, 5.74) is 3.87. The topological polar surface area (TPSA) is 52.3 Å². The molecule has 0 amide bonds. The number of halogens is 4. The Balaban J connectivity index is 1.93. The van der Waals surface area contributed by atoms with Gasteiger partial charge in [-0.1, -0.05) is 20.8 Å². The molecular formula is C22H28ClF3N4OSi. The highest BCUT2D eigenvalue weighted by Gasteiger charge is 2.38. The van der Waals surface area contributed by atoms with Gasteiger partial charge in [0.05, 0.1) is 12.3 Å². The zero-order chi connectivity index (χ0) is 24.1. The third-order valence-electron chi connectivity index (χ3n) is 6.28. The fourth-order valence-corrected chi connectivity index (χ4v) is 4.38. The molecule has 0 saturated carbocycles. The first-order valence-corrected chi connectivity index (χ1v) is 13.6. The number of aromatic nitrogens is 4. The van der Waals surface area contributed by atoms with Crippen molar-refractivity contribution in [3.8, 4) is 0 Å². The molecule has 174 valence electrons. The molecule has 0 aliphatic carbocycles. The second kappa shape index (κ2) is 8.42. The van der Waals surface area contributed by atoms with Gasteiger partial charge in [-0.3, -0.25) is 9.38 Å². The highest BCUT2D eigenvalue weighted by atomic mass is 35.5. The molecule has 3 rings (SSSR count). The maximum absolute atomic E-state index is 13.2. The van der Waals surface area contributed by atoms with Crippen LogP contribution in [0.2, 0.25) is 18.1 Å². The fourth-order valence-electron chi connectivity index (χ4n) is 3.08. The summed E-state index contributed by atoms with van der Waals surface area (Å²) in [5.74, 6) is -1.06. The maximum Gasteiger partial charge on any atom is 0.452 e. The van der Waals surface area contributed by atoms with Crippen molar-refractivity contribution >= 4 is 25.6 Å². The van der Waals surface area contributed by atoms with Gasteiger partial charge in [0.15, 0.2) is 14.0 Å². The average Bonchev–Trinajstić information content (AvgIpc) is 3.12. The summed E-state index contributed by atoms with van der Waals surface area (Å²) >= 11 is 6.75. The number of pyridine rings is 2. The van der Waals surface area contributed by atoms with E-state index in [0.29, 0.717) is 23.4 Å². The molecule has 0 fully saturated rings. The molecule has 1 unspecified atom stereocenters. The van der Waals surface area contributed by atoms with E-state index in [1.807, 2.05) is 13.0 Å². The molecule has 3 aromatic rings. The van der Waals surface area contributed by atoms with Gasteiger partial charge in [0.25, 0.3) is 0 Å². The summed E-state index contributed by atoms with van der Waals surface area (Å²) in [6.45, 7) is 15.1. The SMILES string of the molecule is Cc1cnc(C(Cl)c2ccn3c(C(F)(F)F)nnc3c2C)cc1CO[Si](C)(C)C(C)(C)C. The Morgan fingerprint density at radius 2 is 1.81 bits per heavy atom. The van der Waals surface area contributed by atoms with Crippen LogP contribution in [0.3, 0.4) is 0 Å². The summed E-state index contributed by atoms with van der Waals surface area (Å²) < 4.78 is 46.7. The second-order valence-electron chi connectivity index (χ2n) is 9.56. The predicted molar refractivity (Wildman–Crippen MR) is 121 cm³/mol. The first-order chi connectivity index (χ1) is 14.6. The van der Waals surface area contributed by atoms with E-state index in [2.05, 4.69) is 49.0 Å². The van der Waals surface area contributed by atoms with Crippen LogP contribution in [0.4, 0.5) is 13.2 Å². The number of nitrogens with zero attached hydrogens (tertiary/aromatic N) is 4. The van der Waals surface area contributed by atoms with E-state index in [1.165, 1.54) is 6.20 Å². The summed E-state index contributed by atoms with van der Waals surface area (Å²) in [6, 6.07) is 3.47. The van der Waals surface area contributed by atoms with E-state index in [1.54, 1.807) is 19.2 Å². The van der Waals surface area contributed by atoms with Gasteiger partial charge in [0.2, 0.25) is 5.82 Å². The van der Waals surface area contributed by atoms with E-state index in [4.69, 9.17) is 16.0 Å². The molecule has 3 heterocycles. The first-order valence-electron chi connectivity index (χ1n) is 10.3. The number of fused-ring (bicyclic) bond motifs is 1. The molecular weight excluding hydrogens is 457 g/mol. The Hall–Kier alpha value is -1.97. The second-order valence-corrected chi connectivity index (χ2v) is 14.8. The lowest BCUT2D eigenvalue weighted by molar-refractivity contribution is -0.145. The average molecular weight is 485 g/mol. The number of rotatable bonds is 5. The third-order valence-corrected chi connectivity index (χ3v) is 11.2. The van der Waals surface area contributed by atoms with Crippen LogP contribution < -0.4 is 0 Å². The van der Waals surface area contributed by atoms with E-state index in [0.717, 1.165) is 15.5 Å². The molecule has 0 bridgehead atoms. The Kier molecular flexibility index (Phi) is 6.49. The van der Waals surface area contributed by atoms with Crippen LogP contribution in [0.25, 0.3) is 5.65 Å². The zero-order valence-electron chi connectivity index (χ0n) is 19.3. The van der Waals surface area contributed by atoms with Crippen molar-refractivity contribution in [1.29, 1.82) is 0 Å². The van der Waals surface area contributed by atoms with Crippen LogP contribution in [0.1, 0.15) is 59.9 Å². The van der Waals surface area contributed by atoms with Crippen molar-refractivity contribution in [2.24, 2.45) is 0 Å². The van der Waals surface area contributed by atoms with Crippen LogP contribution in [0.5, 0.6) is 0 Å². The summed E-state index contributed by atoms with van der Waals surface area (Å²) in [4.78, 5) is 4.48. The number of hydrogen-bond acceptors (Lipinski definition) is 4. The minimum absolute atomic E-state index is 0.0891. The molecule has 32 heavy (non-hydrogen) atoms. The minimum Gasteiger partial charge on any atom is -0.413 e. The molecule has 0 saturated heterocycles. The van der Waals surface area contributed by atoms with Crippen molar-refractivity contribution in [2.45, 2.75) is 70.9 Å². The molecule has 0 aliphatic heterocycles. The van der Waals surface area contributed by atoms with Gasteiger partial charge in [0.1, 0.15) is 5.38 Å². The van der Waals surface area contributed by atoms with Crippen molar-refractivity contribution in [1.82, 2.24) is 19.6 Å². The van der Waals surface area contributed by atoms with E-state index in [9.17, 15) is 13.2 Å². The van der Waals surface area contributed by atoms with E-state index >= 15 is 0 Å². The normalized spacial score (nSPS) is 14.2. The summed E-state index contributed by atoms with van der Waals surface area (Å²) in [6.07, 6.45) is -1.54. The third kappa shape index (κ3) is 4.70. The molecule has 1 atom stereocenters. The highest BCUT2D eigenvalue weighted by Crippen LogP contribution is 2.38. The Morgan fingerprint density at radius 1 is 1.16 bits per heavy atom. The van der Waals surface area contributed by atoms with Crippen LogP contribution in [-0.2, 0) is 17.2 Å². The van der Waals surface area contributed by atoms with Crippen molar-refractivity contribution in [2.75, 3.05) is 0 Å². The smallest absolute Gasteiger partial charge is 0.413 e. The van der Waals surface area contributed by atoms with Gasteiger partial charge in [-0.05, 0) is 66.4 Å². The van der Waals surface area contributed by atoms with Gasteiger partial charge < -0.3 is 4.43 Å². The van der Waals surface area contributed by atoms with Gasteiger partial charge in [-0.2, -0.15) is 13.2 Å². The number of aryl methyl sites for hydroxylation is 2. The lowest BCUT2D eigenvalue weighted by atomic mass is 10.0. The number of hydrogen-bond donors (Lipinski definition) is 0. The van der Waals surface area contributed by atoms with Crippen LogP contribution >= 0.6 is 11.6 Å². The molecule has 5 nitrogen and oxygen atoms in total. The van der Waals surface area contributed by atoms with Crippen LogP contribution in [0.15, 0.2) is 24.5 Å². The molecule has 10 heteroatoms. The summed E-state index contributed by atoms with van der Waals surface area (Å²) in [5, 5.41) is 6.48. The highest BCUT2D eigenvalue weighted by molar-refractivity contribution is 6.74. The van der Waals surface area contributed by atoms with Gasteiger partial charge in [-0.15, -0.1) is 21.8 Å². The molecule has 0 radical (unpaired) electrons. The largest absolute Gasteiger partial charge is 0.452 e. The van der Waals surface area contributed by atoms with Crippen LogP contribution in [-0.4, -0.2) is 27.9 Å². The Labute approximate surface area is 192 Å². The van der Waals surface area contributed by atoms with Crippen molar-refractivity contribution in [3.05, 3.63) is 58.3 Å². The maximum atomic E-state index is 13.2. The lowest BCUT2D eigenvalue weighted by Gasteiger charge is -2.36. The Morgan fingerprint density at radius 3 is 2.41 bits per heavy atom. The monoisotopic (exact) mass is 484 g/mol. The van der Waals surface area contributed by atoms with Gasteiger partial charge in [0, 0.05) is 12.4 Å². The standard InChI is InChI=1S/C22H28ClF3N4OSi/c1-13-11-27-17(10-15(13)12-31-32(6,7)21(3,4)5)18(23)16-8-9-30-19(14(16)2)28-29-20(30)22(24,25)26/h8-11,18H,12H2,1-7H3. The first kappa shape index (κ1) is 24.7. The number of alkyl halides is 4. The Bertz CT molecular complexity index is 1140. The van der Waals surface area contributed by atoms with E-state index < -0.39 is 25.7 Å². The van der Waals surface area contributed by atoms with Gasteiger partial charge >= 0.3 is 6.18 Å². The van der Waals surface area contributed by atoms with E-state index in [-0.39, 0.29) is 10.7 Å². The van der Waals surface area contributed by atoms with Crippen molar-refractivity contribution < 1.29 is 17.6 Å². The minimum atomic E-state index is -4.59. The van der Waals surface area contributed by atoms with Crippen LogP contribution in [0, 0.1) is 13.8 Å². The lowest BCUT2D eigenvalue weighted by Crippen LogP contribution is -2.40.